The minimum Gasteiger partial charge on any atom is -0.340 e. The van der Waals surface area contributed by atoms with E-state index >= 15 is 0 Å². The molecule has 21 heavy (non-hydrogen) atoms. The number of nitrogens with one attached hydrogen (secondary N) is 2. The molecule has 2 aromatic rings. The van der Waals surface area contributed by atoms with Crippen molar-refractivity contribution in [2.75, 3.05) is 10.6 Å². The summed E-state index contributed by atoms with van der Waals surface area (Å²) in [6.45, 7) is 7.85. The highest BCUT2D eigenvalue weighted by Gasteiger charge is 2.07. The minimum absolute atomic E-state index is 0.00717. The highest BCUT2D eigenvalue weighted by Crippen LogP contribution is 2.23. The molecule has 0 radical (unpaired) electrons. The summed E-state index contributed by atoms with van der Waals surface area (Å²) in [5.41, 5.74) is 4.13. The Bertz CT molecular complexity index is 613. The van der Waals surface area contributed by atoms with Gasteiger partial charge in [0.25, 0.3) is 0 Å². The number of pyridine rings is 1. The first-order valence-electron chi connectivity index (χ1n) is 7.07. The van der Waals surface area contributed by atoms with E-state index in [1.54, 1.807) is 6.20 Å². The van der Waals surface area contributed by atoms with Crippen LogP contribution in [0.4, 0.5) is 17.2 Å². The zero-order valence-corrected chi connectivity index (χ0v) is 12.9. The Morgan fingerprint density at radius 3 is 2.29 bits per heavy atom. The Hall–Kier alpha value is -2.36. The van der Waals surface area contributed by atoms with Gasteiger partial charge in [0.2, 0.25) is 5.91 Å². The van der Waals surface area contributed by atoms with E-state index in [9.17, 15) is 4.79 Å². The highest BCUT2D eigenvalue weighted by atomic mass is 16.1. The zero-order chi connectivity index (χ0) is 15.4. The molecule has 0 fully saturated rings. The summed E-state index contributed by atoms with van der Waals surface area (Å²) in [5.74, 6) is 0.708. The van der Waals surface area contributed by atoms with Crippen LogP contribution in [-0.2, 0) is 4.79 Å². The maximum Gasteiger partial charge on any atom is 0.226 e. The topological polar surface area (TPSA) is 54.0 Å². The van der Waals surface area contributed by atoms with Crippen LogP contribution in [0.15, 0.2) is 36.5 Å². The lowest BCUT2D eigenvalue weighted by atomic mass is 10.1. The Labute approximate surface area is 125 Å². The van der Waals surface area contributed by atoms with Gasteiger partial charge in [-0.05, 0) is 37.1 Å². The van der Waals surface area contributed by atoms with Gasteiger partial charge in [0, 0.05) is 11.6 Å². The van der Waals surface area contributed by atoms with Crippen LogP contribution in [0.1, 0.15) is 25.0 Å². The van der Waals surface area contributed by atoms with Gasteiger partial charge in [-0.2, -0.15) is 0 Å². The van der Waals surface area contributed by atoms with Crippen molar-refractivity contribution < 1.29 is 4.79 Å². The van der Waals surface area contributed by atoms with Crippen molar-refractivity contribution in [2.24, 2.45) is 5.92 Å². The summed E-state index contributed by atoms with van der Waals surface area (Å²) in [6.07, 6.45) is 1.66. The average Bonchev–Trinajstić information content (AvgIpc) is 2.44. The fourth-order valence-corrected chi connectivity index (χ4v) is 1.97. The number of nitrogens with zero attached hydrogens (tertiary/aromatic N) is 1. The summed E-state index contributed by atoms with van der Waals surface area (Å²) < 4.78 is 0. The lowest BCUT2D eigenvalue weighted by Crippen LogP contribution is -2.17. The van der Waals surface area contributed by atoms with E-state index in [1.165, 1.54) is 11.1 Å². The van der Waals surface area contributed by atoms with E-state index in [4.69, 9.17) is 0 Å². The standard InChI is InChI=1S/C17H21N3O/c1-11(2)17(21)19-14-8-9-15(18-10-14)20-16-12(3)6-5-7-13(16)4/h5-11H,1-4H3,(H,18,20)(H,19,21). The van der Waals surface area contributed by atoms with Gasteiger partial charge in [-0.25, -0.2) is 4.98 Å². The maximum absolute atomic E-state index is 11.6. The molecule has 2 N–H and O–H groups in total. The van der Waals surface area contributed by atoms with Gasteiger partial charge in [0.1, 0.15) is 5.82 Å². The van der Waals surface area contributed by atoms with Crippen LogP contribution in [0.25, 0.3) is 0 Å². The lowest BCUT2D eigenvalue weighted by Gasteiger charge is -2.12. The Morgan fingerprint density at radius 1 is 1.10 bits per heavy atom. The van der Waals surface area contributed by atoms with Crippen LogP contribution in [0.2, 0.25) is 0 Å². The molecule has 0 saturated heterocycles. The number of rotatable bonds is 4. The van der Waals surface area contributed by atoms with Crippen LogP contribution >= 0.6 is 0 Å². The summed E-state index contributed by atoms with van der Waals surface area (Å²) >= 11 is 0. The second-order valence-electron chi connectivity index (χ2n) is 5.47. The smallest absolute Gasteiger partial charge is 0.226 e. The van der Waals surface area contributed by atoms with Gasteiger partial charge in [-0.3, -0.25) is 4.79 Å². The highest BCUT2D eigenvalue weighted by molar-refractivity contribution is 5.92. The fraction of sp³-hybridized carbons (Fsp3) is 0.294. The van der Waals surface area contributed by atoms with Gasteiger partial charge in [-0.15, -0.1) is 0 Å². The number of hydrogen-bond acceptors (Lipinski definition) is 3. The molecule has 0 bridgehead atoms. The third-order valence-corrected chi connectivity index (χ3v) is 3.29. The number of anilines is 3. The van der Waals surface area contributed by atoms with Crippen LogP contribution in [-0.4, -0.2) is 10.9 Å². The summed E-state index contributed by atoms with van der Waals surface area (Å²) in [7, 11) is 0. The minimum atomic E-state index is -0.0441. The normalized spacial score (nSPS) is 10.5. The van der Waals surface area contributed by atoms with Gasteiger partial charge < -0.3 is 10.6 Å². The molecule has 0 atom stereocenters. The molecular formula is C17H21N3O. The van der Waals surface area contributed by atoms with Crippen molar-refractivity contribution in [1.82, 2.24) is 4.98 Å². The van der Waals surface area contributed by atoms with Crippen LogP contribution in [0.3, 0.4) is 0 Å². The predicted molar refractivity (Wildman–Crippen MR) is 86.9 cm³/mol. The number of para-hydroxylation sites is 1. The number of hydrogen-bond donors (Lipinski definition) is 2. The molecule has 4 nitrogen and oxygen atoms in total. The molecule has 0 aliphatic rings. The Balaban J connectivity index is 2.11. The van der Waals surface area contributed by atoms with Crippen molar-refractivity contribution in [3.63, 3.8) is 0 Å². The van der Waals surface area contributed by atoms with Crippen molar-refractivity contribution in [2.45, 2.75) is 27.7 Å². The van der Waals surface area contributed by atoms with E-state index in [0.29, 0.717) is 5.69 Å². The van der Waals surface area contributed by atoms with Crippen molar-refractivity contribution >= 4 is 23.1 Å². The van der Waals surface area contributed by atoms with Crippen molar-refractivity contribution in [3.05, 3.63) is 47.7 Å². The molecule has 0 aliphatic heterocycles. The van der Waals surface area contributed by atoms with E-state index in [-0.39, 0.29) is 11.8 Å². The van der Waals surface area contributed by atoms with Gasteiger partial charge in [0.15, 0.2) is 0 Å². The van der Waals surface area contributed by atoms with Crippen LogP contribution < -0.4 is 10.6 Å². The molecule has 0 unspecified atom stereocenters. The Morgan fingerprint density at radius 2 is 1.76 bits per heavy atom. The molecule has 2 rings (SSSR count). The number of carbonyl (C=O) groups excluding carboxylic acids is 1. The van der Waals surface area contributed by atoms with E-state index in [2.05, 4.69) is 41.6 Å². The maximum atomic E-state index is 11.6. The zero-order valence-electron chi connectivity index (χ0n) is 12.9. The molecule has 0 spiro atoms. The molecule has 4 heteroatoms. The lowest BCUT2D eigenvalue weighted by molar-refractivity contribution is -0.118. The second-order valence-corrected chi connectivity index (χ2v) is 5.47. The number of carbonyl (C=O) groups is 1. The van der Waals surface area contributed by atoms with Crippen molar-refractivity contribution in [3.8, 4) is 0 Å². The third kappa shape index (κ3) is 3.81. The van der Waals surface area contributed by atoms with Gasteiger partial charge in [0.05, 0.1) is 11.9 Å². The van der Waals surface area contributed by atoms with Crippen LogP contribution in [0.5, 0.6) is 0 Å². The molecule has 0 aliphatic carbocycles. The summed E-state index contributed by atoms with van der Waals surface area (Å²) in [4.78, 5) is 16.0. The number of amides is 1. The molecule has 110 valence electrons. The first kappa shape index (κ1) is 15.0. The monoisotopic (exact) mass is 283 g/mol. The van der Waals surface area contributed by atoms with E-state index < -0.39 is 0 Å². The number of aromatic nitrogens is 1. The van der Waals surface area contributed by atoms with Crippen LogP contribution in [0, 0.1) is 19.8 Å². The second kappa shape index (κ2) is 6.39. The molecule has 1 amide bonds. The first-order chi connectivity index (χ1) is 9.97. The quantitative estimate of drug-likeness (QED) is 0.890. The molecule has 1 aromatic heterocycles. The molecule has 0 saturated carbocycles. The summed E-state index contributed by atoms with van der Waals surface area (Å²) in [6, 6.07) is 9.87. The third-order valence-electron chi connectivity index (χ3n) is 3.29. The SMILES string of the molecule is Cc1cccc(C)c1Nc1ccc(NC(=O)C(C)C)cn1. The van der Waals surface area contributed by atoms with E-state index in [0.717, 1.165) is 11.5 Å². The molecule has 1 heterocycles. The van der Waals surface area contributed by atoms with E-state index in [1.807, 2.05) is 32.0 Å². The van der Waals surface area contributed by atoms with Crippen molar-refractivity contribution in [1.29, 1.82) is 0 Å². The van der Waals surface area contributed by atoms with Gasteiger partial charge in [-0.1, -0.05) is 32.0 Å². The fourth-order valence-electron chi connectivity index (χ4n) is 1.97. The predicted octanol–water partition coefficient (Wildman–Crippen LogP) is 4.04. The average molecular weight is 283 g/mol. The Kier molecular flexibility index (Phi) is 4.58. The molecule has 1 aromatic carbocycles. The number of aryl methyl sites for hydroxylation is 2. The largest absolute Gasteiger partial charge is 0.340 e. The van der Waals surface area contributed by atoms with Gasteiger partial charge >= 0.3 is 0 Å². The molecular weight excluding hydrogens is 262 g/mol. The first-order valence-corrected chi connectivity index (χ1v) is 7.07. The summed E-state index contributed by atoms with van der Waals surface area (Å²) in [5, 5.41) is 6.15. The number of benzene rings is 1.